The Morgan fingerprint density at radius 1 is 0.962 bits per heavy atom. The van der Waals surface area contributed by atoms with Crippen molar-refractivity contribution in [2.24, 2.45) is 11.8 Å². The topological polar surface area (TPSA) is 71.4 Å². The zero-order valence-corrected chi connectivity index (χ0v) is 15.6. The molecule has 6 nitrogen and oxygen atoms in total. The number of aliphatic hydroxyl groups is 1. The number of aromatic nitrogens is 3. The lowest BCUT2D eigenvalue weighted by molar-refractivity contribution is -0.0236. The molecule has 2 fully saturated rings. The van der Waals surface area contributed by atoms with Crippen LogP contribution in [0.2, 0.25) is 0 Å². The van der Waals surface area contributed by atoms with E-state index in [1.54, 1.807) is 0 Å². The van der Waals surface area contributed by atoms with Crippen LogP contribution >= 0.6 is 0 Å². The fraction of sp³-hybridized carbons (Fsp3) is 0.550. The highest BCUT2D eigenvalue weighted by atomic mass is 16.5. The maximum atomic E-state index is 10.6. The molecule has 4 atom stereocenters. The fourth-order valence-corrected chi connectivity index (χ4v) is 4.23. The minimum Gasteiger partial charge on any atom is -0.486 e. The largest absolute Gasteiger partial charge is 0.486 e. The summed E-state index contributed by atoms with van der Waals surface area (Å²) in [6.07, 6.45) is 1.00. The number of aliphatic hydroxyl groups excluding tert-OH is 1. The summed E-state index contributed by atoms with van der Waals surface area (Å²) in [5.41, 5.74) is 2.78. The van der Waals surface area contributed by atoms with Gasteiger partial charge in [-0.25, -0.2) is 0 Å². The minimum absolute atomic E-state index is 0.177. The van der Waals surface area contributed by atoms with Crippen LogP contribution < -0.4 is 9.64 Å². The summed E-state index contributed by atoms with van der Waals surface area (Å²) in [6.45, 7) is 7.74. The normalized spacial score (nSPS) is 28.1. The summed E-state index contributed by atoms with van der Waals surface area (Å²) in [5.74, 6) is 2.68. The van der Waals surface area contributed by atoms with Crippen molar-refractivity contribution in [2.75, 3.05) is 18.0 Å². The van der Waals surface area contributed by atoms with Crippen molar-refractivity contribution in [3.05, 3.63) is 41.3 Å². The molecule has 4 rings (SSSR count). The molecule has 0 spiro atoms. The summed E-state index contributed by atoms with van der Waals surface area (Å²) in [7, 11) is 0. The monoisotopic (exact) mass is 354 g/mol. The maximum Gasteiger partial charge on any atom is 0.151 e. The first-order chi connectivity index (χ1) is 12.5. The lowest BCUT2D eigenvalue weighted by Crippen LogP contribution is -2.42. The lowest BCUT2D eigenvalue weighted by atomic mass is 9.78. The molecule has 1 saturated heterocycles. The van der Waals surface area contributed by atoms with Gasteiger partial charge in [-0.3, -0.25) is 4.98 Å². The van der Waals surface area contributed by atoms with Crippen LogP contribution in [-0.2, 0) is 0 Å². The molecule has 26 heavy (non-hydrogen) atoms. The standard InChI is InChI=1S/C20H26N4O2/c1-12-4-6-18(14(3)21-12)26-19-9-16-11-24(10-15(16)8-17(19)25)20-7-5-13(2)22-23-20/h4-7,15-17,19,25H,8-11H2,1-3H3/t15-,16+,17+,19+/m0/s1. The van der Waals surface area contributed by atoms with Crippen molar-refractivity contribution >= 4 is 5.82 Å². The molecule has 2 aromatic rings. The van der Waals surface area contributed by atoms with Gasteiger partial charge in [0.15, 0.2) is 5.82 Å². The molecule has 0 bridgehead atoms. The van der Waals surface area contributed by atoms with E-state index >= 15 is 0 Å². The molecule has 0 amide bonds. The average Bonchev–Trinajstić information content (AvgIpc) is 3.01. The van der Waals surface area contributed by atoms with Crippen LogP contribution in [0.5, 0.6) is 5.75 Å². The second kappa shape index (κ2) is 6.83. The van der Waals surface area contributed by atoms with E-state index in [1.165, 1.54) is 0 Å². The quantitative estimate of drug-likeness (QED) is 0.913. The number of hydrogen-bond acceptors (Lipinski definition) is 6. The highest BCUT2D eigenvalue weighted by Gasteiger charge is 2.43. The van der Waals surface area contributed by atoms with Gasteiger partial charge in [0.2, 0.25) is 0 Å². The Kier molecular flexibility index (Phi) is 4.53. The number of aryl methyl sites for hydroxylation is 3. The molecule has 1 aliphatic heterocycles. The van der Waals surface area contributed by atoms with Gasteiger partial charge < -0.3 is 14.7 Å². The molecule has 0 unspecified atom stereocenters. The number of hydrogen-bond donors (Lipinski definition) is 1. The van der Waals surface area contributed by atoms with Crippen LogP contribution in [0.25, 0.3) is 0 Å². The molecule has 0 radical (unpaired) electrons. The molecule has 6 heteroatoms. The molecule has 138 valence electrons. The Labute approximate surface area is 154 Å². The summed E-state index contributed by atoms with van der Waals surface area (Å²) in [6, 6.07) is 7.94. The lowest BCUT2D eigenvalue weighted by Gasteiger charge is -2.35. The Balaban J connectivity index is 1.45. The molecule has 3 heterocycles. The van der Waals surface area contributed by atoms with E-state index in [4.69, 9.17) is 4.74 Å². The van der Waals surface area contributed by atoms with Crippen molar-refractivity contribution < 1.29 is 9.84 Å². The molecular formula is C20H26N4O2. The Morgan fingerprint density at radius 2 is 1.69 bits per heavy atom. The van der Waals surface area contributed by atoms with Crippen molar-refractivity contribution in [3.8, 4) is 5.75 Å². The van der Waals surface area contributed by atoms with Gasteiger partial charge in [0, 0.05) is 18.8 Å². The number of pyridine rings is 1. The van der Waals surface area contributed by atoms with E-state index in [0.29, 0.717) is 11.8 Å². The van der Waals surface area contributed by atoms with Crippen molar-refractivity contribution in [3.63, 3.8) is 0 Å². The highest BCUT2D eigenvalue weighted by molar-refractivity contribution is 5.39. The van der Waals surface area contributed by atoms with E-state index in [2.05, 4.69) is 20.1 Å². The molecule has 2 aromatic heterocycles. The molecule has 1 saturated carbocycles. The summed E-state index contributed by atoms with van der Waals surface area (Å²) in [4.78, 5) is 6.75. The first kappa shape index (κ1) is 17.2. The average molecular weight is 354 g/mol. The van der Waals surface area contributed by atoms with Crippen LogP contribution in [-0.4, -0.2) is 45.6 Å². The van der Waals surface area contributed by atoms with E-state index in [-0.39, 0.29) is 6.10 Å². The third-order valence-corrected chi connectivity index (χ3v) is 5.65. The number of anilines is 1. The van der Waals surface area contributed by atoms with Crippen molar-refractivity contribution in [1.29, 1.82) is 0 Å². The first-order valence-corrected chi connectivity index (χ1v) is 9.34. The first-order valence-electron chi connectivity index (χ1n) is 9.34. The molecule has 1 N–H and O–H groups in total. The van der Waals surface area contributed by atoms with Gasteiger partial charge in [-0.15, -0.1) is 5.10 Å². The van der Waals surface area contributed by atoms with Gasteiger partial charge in [0.05, 0.1) is 17.5 Å². The van der Waals surface area contributed by atoms with Gasteiger partial charge in [0.25, 0.3) is 0 Å². The van der Waals surface area contributed by atoms with Gasteiger partial charge in [0.1, 0.15) is 11.9 Å². The Morgan fingerprint density at radius 3 is 2.38 bits per heavy atom. The Hall–Kier alpha value is -2.21. The van der Waals surface area contributed by atoms with Crippen LogP contribution in [0.15, 0.2) is 24.3 Å². The predicted octanol–water partition coefficient (Wildman–Crippen LogP) is 2.45. The molecule has 1 aliphatic carbocycles. The smallest absolute Gasteiger partial charge is 0.151 e. The molecule has 0 aromatic carbocycles. The summed E-state index contributed by atoms with van der Waals surface area (Å²) in [5, 5.41) is 19.1. The van der Waals surface area contributed by atoms with E-state index in [0.717, 1.165) is 54.6 Å². The number of ether oxygens (including phenoxy) is 1. The summed E-state index contributed by atoms with van der Waals surface area (Å²) < 4.78 is 6.16. The van der Waals surface area contributed by atoms with Gasteiger partial charge in [-0.1, -0.05) is 0 Å². The van der Waals surface area contributed by atoms with Gasteiger partial charge in [-0.05, 0) is 69.7 Å². The second-order valence-corrected chi connectivity index (χ2v) is 7.69. The van der Waals surface area contributed by atoms with Gasteiger partial charge >= 0.3 is 0 Å². The van der Waals surface area contributed by atoms with E-state index in [9.17, 15) is 5.11 Å². The molecular weight excluding hydrogens is 328 g/mol. The maximum absolute atomic E-state index is 10.6. The van der Waals surface area contributed by atoms with Crippen LogP contribution in [0.1, 0.15) is 29.9 Å². The predicted molar refractivity (Wildman–Crippen MR) is 99.3 cm³/mol. The fourth-order valence-electron chi connectivity index (χ4n) is 4.23. The van der Waals surface area contributed by atoms with Gasteiger partial charge in [-0.2, -0.15) is 5.10 Å². The summed E-state index contributed by atoms with van der Waals surface area (Å²) >= 11 is 0. The number of fused-ring (bicyclic) bond motifs is 1. The van der Waals surface area contributed by atoms with Crippen molar-refractivity contribution in [1.82, 2.24) is 15.2 Å². The van der Waals surface area contributed by atoms with Crippen LogP contribution in [0.4, 0.5) is 5.82 Å². The van der Waals surface area contributed by atoms with E-state index < -0.39 is 6.10 Å². The van der Waals surface area contributed by atoms with Crippen molar-refractivity contribution in [2.45, 2.75) is 45.8 Å². The third-order valence-electron chi connectivity index (χ3n) is 5.65. The number of rotatable bonds is 3. The van der Waals surface area contributed by atoms with Crippen LogP contribution in [0.3, 0.4) is 0 Å². The number of nitrogens with zero attached hydrogens (tertiary/aromatic N) is 4. The highest BCUT2D eigenvalue weighted by Crippen LogP contribution is 2.39. The second-order valence-electron chi connectivity index (χ2n) is 7.69. The SMILES string of the molecule is Cc1ccc(N2C[C@H]3C[C@@H](Oc4ccc(C)nc4C)[C@H](O)C[C@H]3C2)nn1. The molecule has 2 aliphatic rings. The minimum atomic E-state index is -0.444. The third kappa shape index (κ3) is 3.38. The van der Waals surface area contributed by atoms with Crippen LogP contribution in [0, 0.1) is 32.6 Å². The Bertz CT molecular complexity index is 780. The zero-order valence-electron chi connectivity index (χ0n) is 15.6. The van der Waals surface area contributed by atoms with E-state index in [1.807, 2.05) is 45.0 Å². The zero-order chi connectivity index (χ0) is 18.3.